The minimum Gasteiger partial charge on any atom is -0.337 e. The first kappa shape index (κ1) is 16.5. The van der Waals surface area contributed by atoms with Crippen LogP contribution in [0.3, 0.4) is 0 Å². The zero-order valence-electron chi connectivity index (χ0n) is 13.6. The number of carbonyl (C=O) groups excluding carboxylic acids is 2. The topological polar surface area (TPSA) is 52.7 Å². The van der Waals surface area contributed by atoms with Gasteiger partial charge < -0.3 is 4.90 Å². The molecule has 0 saturated carbocycles. The van der Waals surface area contributed by atoms with E-state index in [0.717, 1.165) is 30.0 Å². The Bertz CT molecular complexity index is 688. The van der Waals surface area contributed by atoms with Crippen molar-refractivity contribution in [1.29, 1.82) is 0 Å². The predicted molar refractivity (Wildman–Crippen MR) is 95.9 cm³/mol. The van der Waals surface area contributed by atoms with E-state index in [9.17, 15) is 9.59 Å². The second kappa shape index (κ2) is 7.49. The number of likely N-dealkylation sites (tertiary alicyclic amines) is 1. The maximum absolute atomic E-state index is 12.5. The van der Waals surface area contributed by atoms with Crippen LogP contribution in [0.2, 0.25) is 0 Å². The van der Waals surface area contributed by atoms with Crippen LogP contribution < -0.4 is 10.4 Å². The molecule has 1 aromatic carbocycles. The van der Waals surface area contributed by atoms with E-state index < -0.39 is 0 Å². The number of rotatable bonds is 4. The number of amides is 2. The average Bonchev–Trinajstić information content (AvgIpc) is 3.16. The number of anilines is 1. The molecule has 24 heavy (non-hydrogen) atoms. The van der Waals surface area contributed by atoms with Crippen molar-refractivity contribution in [3.8, 4) is 0 Å². The average molecular weight is 343 g/mol. The van der Waals surface area contributed by atoms with E-state index in [0.29, 0.717) is 6.54 Å². The van der Waals surface area contributed by atoms with Crippen molar-refractivity contribution in [3.05, 3.63) is 52.7 Å². The van der Waals surface area contributed by atoms with Gasteiger partial charge in [0.25, 0.3) is 5.91 Å². The number of nitrogens with one attached hydrogen (secondary N) is 1. The van der Waals surface area contributed by atoms with Gasteiger partial charge in [-0.1, -0.05) is 24.3 Å². The van der Waals surface area contributed by atoms with Crippen LogP contribution in [0.5, 0.6) is 0 Å². The van der Waals surface area contributed by atoms with Gasteiger partial charge in [-0.2, -0.15) is 0 Å². The molecule has 1 atom stereocenters. The SMILES string of the molecule is CN(NC(=O)[C@@H]1CCCN(C(=O)c2cccs2)C1)c1ccccc1. The van der Waals surface area contributed by atoms with Gasteiger partial charge in [0.2, 0.25) is 5.91 Å². The Hall–Kier alpha value is -2.34. The first-order chi connectivity index (χ1) is 11.6. The van der Waals surface area contributed by atoms with Crippen LogP contribution in [-0.2, 0) is 4.79 Å². The maximum atomic E-state index is 12.5. The number of hydrogen-bond acceptors (Lipinski definition) is 4. The molecule has 6 heteroatoms. The standard InChI is InChI=1S/C18H21N3O2S/c1-20(15-8-3-2-4-9-15)19-17(22)14-7-5-11-21(13-14)18(23)16-10-6-12-24-16/h2-4,6,8-10,12,14H,5,7,11,13H2,1H3,(H,19,22)/t14-/m1/s1. The highest BCUT2D eigenvalue weighted by Crippen LogP contribution is 2.21. The summed E-state index contributed by atoms with van der Waals surface area (Å²) in [5, 5.41) is 3.62. The summed E-state index contributed by atoms with van der Waals surface area (Å²) >= 11 is 1.44. The molecular formula is C18H21N3O2S. The molecule has 2 heterocycles. The van der Waals surface area contributed by atoms with E-state index in [-0.39, 0.29) is 17.7 Å². The Morgan fingerprint density at radius 2 is 2.00 bits per heavy atom. The third kappa shape index (κ3) is 3.76. The normalized spacial score (nSPS) is 17.4. The van der Waals surface area contributed by atoms with Crippen molar-refractivity contribution in [1.82, 2.24) is 10.3 Å². The summed E-state index contributed by atoms with van der Waals surface area (Å²) in [6.45, 7) is 1.19. The van der Waals surface area contributed by atoms with Gasteiger partial charge in [0.05, 0.1) is 16.5 Å². The molecule has 0 aliphatic carbocycles. The third-order valence-corrected chi connectivity index (χ3v) is 5.09. The second-order valence-electron chi connectivity index (χ2n) is 5.94. The lowest BCUT2D eigenvalue weighted by molar-refractivity contribution is -0.126. The van der Waals surface area contributed by atoms with Gasteiger partial charge in [0, 0.05) is 20.1 Å². The molecule has 1 aliphatic heterocycles. The van der Waals surface area contributed by atoms with Gasteiger partial charge in [0.15, 0.2) is 0 Å². The van der Waals surface area contributed by atoms with Crippen molar-refractivity contribution in [2.75, 3.05) is 25.1 Å². The Morgan fingerprint density at radius 3 is 2.71 bits per heavy atom. The summed E-state index contributed by atoms with van der Waals surface area (Å²) in [5.74, 6) is -0.183. The Kier molecular flexibility index (Phi) is 5.15. The van der Waals surface area contributed by atoms with Gasteiger partial charge in [-0.25, -0.2) is 0 Å². The molecule has 3 rings (SSSR count). The Morgan fingerprint density at radius 1 is 1.21 bits per heavy atom. The minimum absolute atomic E-state index is 0.0268. The molecule has 1 fully saturated rings. The number of nitrogens with zero attached hydrogens (tertiary/aromatic N) is 2. The van der Waals surface area contributed by atoms with Crippen molar-refractivity contribution >= 4 is 28.8 Å². The fourth-order valence-corrected chi connectivity index (χ4v) is 3.60. The summed E-state index contributed by atoms with van der Waals surface area (Å²) in [4.78, 5) is 27.5. The van der Waals surface area contributed by atoms with Crippen LogP contribution in [0, 0.1) is 5.92 Å². The van der Waals surface area contributed by atoms with Crippen LogP contribution in [0.25, 0.3) is 0 Å². The van der Waals surface area contributed by atoms with Crippen molar-refractivity contribution in [3.63, 3.8) is 0 Å². The van der Waals surface area contributed by atoms with Gasteiger partial charge in [0.1, 0.15) is 0 Å². The molecule has 1 N–H and O–H groups in total. The van der Waals surface area contributed by atoms with E-state index in [4.69, 9.17) is 0 Å². The fourth-order valence-electron chi connectivity index (χ4n) is 2.90. The molecule has 126 valence electrons. The molecule has 1 saturated heterocycles. The zero-order chi connectivity index (χ0) is 16.9. The Labute approximate surface area is 145 Å². The van der Waals surface area contributed by atoms with Crippen LogP contribution in [0.4, 0.5) is 5.69 Å². The molecule has 1 aliphatic rings. The summed E-state index contributed by atoms with van der Waals surface area (Å²) in [6, 6.07) is 13.4. The molecule has 5 nitrogen and oxygen atoms in total. The highest BCUT2D eigenvalue weighted by Gasteiger charge is 2.29. The summed E-state index contributed by atoms with van der Waals surface area (Å²) < 4.78 is 0. The van der Waals surface area contributed by atoms with E-state index in [1.54, 1.807) is 9.91 Å². The largest absolute Gasteiger partial charge is 0.337 e. The van der Waals surface area contributed by atoms with Crippen LogP contribution in [0.15, 0.2) is 47.8 Å². The van der Waals surface area contributed by atoms with Crippen LogP contribution >= 0.6 is 11.3 Å². The lowest BCUT2D eigenvalue weighted by atomic mass is 9.97. The lowest BCUT2D eigenvalue weighted by Crippen LogP contribution is -2.49. The fraction of sp³-hybridized carbons (Fsp3) is 0.333. The number of hydrazine groups is 1. The number of piperidine rings is 1. The number of hydrogen-bond donors (Lipinski definition) is 1. The predicted octanol–water partition coefficient (Wildman–Crippen LogP) is 2.77. The highest BCUT2D eigenvalue weighted by atomic mass is 32.1. The van der Waals surface area contributed by atoms with Gasteiger partial charge >= 0.3 is 0 Å². The van der Waals surface area contributed by atoms with E-state index in [1.807, 2.05) is 54.9 Å². The quantitative estimate of drug-likeness (QED) is 0.869. The van der Waals surface area contributed by atoms with Crippen LogP contribution in [0.1, 0.15) is 22.5 Å². The number of para-hydroxylation sites is 1. The summed E-state index contributed by atoms with van der Waals surface area (Å²) in [5.41, 5.74) is 3.84. The van der Waals surface area contributed by atoms with E-state index in [2.05, 4.69) is 5.43 Å². The van der Waals surface area contributed by atoms with Gasteiger partial charge in [-0.15, -0.1) is 11.3 Å². The number of benzene rings is 1. The molecular weight excluding hydrogens is 322 g/mol. The smallest absolute Gasteiger partial charge is 0.263 e. The minimum atomic E-state index is -0.172. The van der Waals surface area contributed by atoms with Crippen molar-refractivity contribution in [2.45, 2.75) is 12.8 Å². The van der Waals surface area contributed by atoms with Gasteiger partial charge in [-0.3, -0.25) is 20.0 Å². The first-order valence-corrected chi connectivity index (χ1v) is 8.95. The number of carbonyl (C=O) groups is 2. The van der Waals surface area contributed by atoms with Crippen molar-refractivity contribution < 1.29 is 9.59 Å². The Balaban J connectivity index is 1.60. The molecule has 0 radical (unpaired) electrons. The third-order valence-electron chi connectivity index (χ3n) is 4.23. The van der Waals surface area contributed by atoms with Crippen molar-refractivity contribution in [2.24, 2.45) is 5.92 Å². The summed E-state index contributed by atoms with van der Waals surface area (Å²) in [6.07, 6.45) is 1.66. The maximum Gasteiger partial charge on any atom is 0.263 e. The van der Waals surface area contributed by atoms with E-state index >= 15 is 0 Å². The molecule has 2 amide bonds. The number of thiophene rings is 1. The zero-order valence-corrected chi connectivity index (χ0v) is 14.5. The molecule has 0 unspecified atom stereocenters. The molecule has 2 aromatic rings. The highest BCUT2D eigenvalue weighted by molar-refractivity contribution is 7.12. The molecule has 1 aromatic heterocycles. The summed E-state index contributed by atoms with van der Waals surface area (Å²) in [7, 11) is 1.82. The van der Waals surface area contributed by atoms with Gasteiger partial charge in [-0.05, 0) is 36.4 Å². The molecule has 0 spiro atoms. The molecule has 0 bridgehead atoms. The van der Waals surface area contributed by atoms with E-state index in [1.165, 1.54) is 11.3 Å². The monoisotopic (exact) mass is 343 g/mol. The van der Waals surface area contributed by atoms with Crippen LogP contribution in [-0.4, -0.2) is 36.9 Å². The first-order valence-electron chi connectivity index (χ1n) is 8.07. The second-order valence-corrected chi connectivity index (χ2v) is 6.89. The lowest BCUT2D eigenvalue weighted by Gasteiger charge is -2.33.